The maximum Gasteiger partial charge on any atom is 0.146 e. The maximum absolute atomic E-state index is 6.77. The first-order chi connectivity index (χ1) is 13.2. The Morgan fingerprint density at radius 3 is 2.85 bits per heavy atom. The van der Waals surface area contributed by atoms with Gasteiger partial charge in [0.1, 0.15) is 34.9 Å². The molecule has 3 aromatic heterocycles. The van der Waals surface area contributed by atoms with Crippen LogP contribution in [0.5, 0.6) is 5.75 Å². The molecule has 1 aliphatic rings. The monoisotopic (exact) mass is 363 g/mol. The van der Waals surface area contributed by atoms with Crippen molar-refractivity contribution in [1.29, 1.82) is 0 Å². The number of hydrogen-bond acceptors (Lipinski definition) is 6. The van der Waals surface area contributed by atoms with Crippen LogP contribution in [0.4, 0.5) is 5.82 Å². The van der Waals surface area contributed by atoms with Gasteiger partial charge in [-0.25, -0.2) is 15.0 Å². The number of aromatic amines is 2. The molecule has 4 heterocycles. The summed E-state index contributed by atoms with van der Waals surface area (Å²) in [7, 11) is 1.66. The molecule has 0 bridgehead atoms. The summed E-state index contributed by atoms with van der Waals surface area (Å²) in [5.41, 5.74) is 8.90. The number of piperidine rings is 1. The Kier molecular flexibility index (Phi) is 3.54. The van der Waals surface area contributed by atoms with Gasteiger partial charge in [0.15, 0.2) is 0 Å². The summed E-state index contributed by atoms with van der Waals surface area (Å²) in [6.07, 6.45) is 5.06. The van der Waals surface area contributed by atoms with Crippen molar-refractivity contribution in [2.75, 3.05) is 25.1 Å². The van der Waals surface area contributed by atoms with Gasteiger partial charge in [0.2, 0.25) is 0 Å². The number of anilines is 1. The zero-order valence-corrected chi connectivity index (χ0v) is 15.1. The summed E-state index contributed by atoms with van der Waals surface area (Å²) in [5, 5.41) is 1.04. The van der Waals surface area contributed by atoms with Crippen molar-refractivity contribution < 1.29 is 4.74 Å². The van der Waals surface area contributed by atoms with E-state index in [2.05, 4.69) is 24.8 Å². The molecule has 1 aliphatic heterocycles. The third kappa shape index (κ3) is 2.52. The Balaban J connectivity index is 1.43. The predicted molar refractivity (Wildman–Crippen MR) is 104 cm³/mol. The summed E-state index contributed by atoms with van der Waals surface area (Å²) in [6, 6.07) is 7.87. The first-order valence-corrected chi connectivity index (χ1v) is 9.03. The van der Waals surface area contributed by atoms with E-state index in [0.29, 0.717) is 0 Å². The van der Waals surface area contributed by atoms with Crippen LogP contribution in [0.25, 0.3) is 22.1 Å². The Bertz CT molecular complexity index is 1110. The van der Waals surface area contributed by atoms with Gasteiger partial charge in [0, 0.05) is 19.3 Å². The van der Waals surface area contributed by atoms with Gasteiger partial charge in [-0.1, -0.05) is 6.07 Å². The number of nitrogens with zero attached hydrogens (tertiary/aromatic N) is 4. The molecule has 8 nitrogen and oxygen atoms in total. The van der Waals surface area contributed by atoms with Crippen molar-refractivity contribution in [2.24, 2.45) is 5.73 Å². The number of para-hydroxylation sites is 1. The summed E-state index contributed by atoms with van der Waals surface area (Å²) < 4.78 is 5.42. The average Bonchev–Trinajstić information content (AvgIpc) is 3.35. The Labute approximate surface area is 155 Å². The Morgan fingerprint density at radius 2 is 2.04 bits per heavy atom. The van der Waals surface area contributed by atoms with E-state index >= 15 is 0 Å². The van der Waals surface area contributed by atoms with E-state index in [4.69, 9.17) is 15.5 Å². The number of fused-ring (bicyclic) bond motifs is 2. The lowest BCUT2D eigenvalue weighted by Crippen LogP contribution is -2.49. The zero-order valence-electron chi connectivity index (χ0n) is 15.1. The van der Waals surface area contributed by atoms with Crippen LogP contribution in [0, 0.1) is 0 Å². The minimum atomic E-state index is -0.495. The number of rotatable bonds is 3. The standard InChI is InChI=1S/C19H21N7O/c1-27-14-4-2-3-13-15(14)25-18(24-13)19(20)6-9-26(10-7-19)17-12-5-8-21-16(12)22-11-23-17/h2-5,8,11H,6-7,9-10,20H2,1H3,(H,24,25)(H,21,22,23). The van der Waals surface area contributed by atoms with Crippen molar-refractivity contribution in [3.63, 3.8) is 0 Å². The first kappa shape index (κ1) is 16.1. The summed E-state index contributed by atoms with van der Waals surface area (Å²) in [5.74, 6) is 2.53. The second kappa shape index (κ2) is 5.95. The van der Waals surface area contributed by atoms with Crippen LogP contribution in [0.2, 0.25) is 0 Å². The molecule has 0 saturated carbocycles. The minimum Gasteiger partial charge on any atom is -0.494 e. The third-order valence-electron chi connectivity index (χ3n) is 5.46. The first-order valence-electron chi connectivity index (χ1n) is 9.03. The highest BCUT2D eigenvalue weighted by Crippen LogP contribution is 2.34. The van der Waals surface area contributed by atoms with Crippen LogP contribution in [-0.2, 0) is 5.54 Å². The van der Waals surface area contributed by atoms with E-state index in [9.17, 15) is 0 Å². The SMILES string of the molecule is COc1cccc2[nH]c(C3(N)CCN(c4ncnc5[nH]ccc45)CC3)nc12. The Morgan fingerprint density at radius 1 is 1.19 bits per heavy atom. The second-order valence-corrected chi connectivity index (χ2v) is 7.02. The van der Waals surface area contributed by atoms with Crippen molar-refractivity contribution in [2.45, 2.75) is 18.4 Å². The Hall–Kier alpha value is -3.13. The number of nitrogens with one attached hydrogen (secondary N) is 2. The molecule has 0 radical (unpaired) electrons. The number of hydrogen-bond donors (Lipinski definition) is 3. The minimum absolute atomic E-state index is 0.495. The highest BCUT2D eigenvalue weighted by Gasteiger charge is 2.36. The van der Waals surface area contributed by atoms with Gasteiger partial charge in [0.05, 0.1) is 23.6 Å². The van der Waals surface area contributed by atoms with Crippen molar-refractivity contribution >= 4 is 27.9 Å². The van der Waals surface area contributed by atoms with E-state index in [1.807, 2.05) is 30.5 Å². The maximum atomic E-state index is 6.77. The van der Waals surface area contributed by atoms with Crippen LogP contribution in [0.15, 0.2) is 36.8 Å². The highest BCUT2D eigenvalue weighted by atomic mass is 16.5. The van der Waals surface area contributed by atoms with Gasteiger partial charge in [0.25, 0.3) is 0 Å². The lowest BCUT2D eigenvalue weighted by Gasteiger charge is -2.38. The zero-order chi connectivity index (χ0) is 18.4. The van der Waals surface area contributed by atoms with E-state index in [-0.39, 0.29) is 0 Å². The molecular formula is C19H21N7O. The molecule has 8 heteroatoms. The normalized spacial score (nSPS) is 16.9. The van der Waals surface area contributed by atoms with E-state index < -0.39 is 5.54 Å². The molecule has 1 fully saturated rings. The number of ether oxygens (including phenoxy) is 1. The molecule has 0 aliphatic carbocycles. The fourth-order valence-corrected chi connectivity index (χ4v) is 3.87. The lowest BCUT2D eigenvalue weighted by molar-refractivity contribution is 0.326. The number of H-pyrrole nitrogens is 2. The van der Waals surface area contributed by atoms with Crippen LogP contribution in [0.3, 0.4) is 0 Å². The quantitative estimate of drug-likeness (QED) is 0.515. The molecular weight excluding hydrogens is 342 g/mol. The molecule has 0 unspecified atom stereocenters. The summed E-state index contributed by atoms with van der Waals surface area (Å²) >= 11 is 0. The van der Waals surface area contributed by atoms with E-state index in [0.717, 1.165) is 65.4 Å². The van der Waals surface area contributed by atoms with Gasteiger partial charge in [-0.05, 0) is 31.0 Å². The molecule has 0 spiro atoms. The molecule has 5 rings (SSSR count). The fraction of sp³-hybridized carbons (Fsp3) is 0.316. The van der Waals surface area contributed by atoms with Gasteiger partial charge in [-0.2, -0.15) is 0 Å². The van der Waals surface area contributed by atoms with Crippen LogP contribution in [-0.4, -0.2) is 45.1 Å². The molecule has 1 aromatic carbocycles. The molecule has 0 atom stereocenters. The van der Waals surface area contributed by atoms with E-state index in [1.165, 1.54) is 0 Å². The smallest absolute Gasteiger partial charge is 0.146 e. The number of aromatic nitrogens is 5. The van der Waals surface area contributed by atoms with Crippen LogP contribution in [0.1, 0.15) is 18.7 Å². The number of benzene rings is 1. The second-order valence-electron chi connectivity index (χ2n) is 7.02. The molecule has 1 saturated heterocycles. The summed E-state index contributed by atoms with van der Waals surface area (Å²) in [6.45, 7) is 1.62. The molecule has 4 N–H and O–H groups in total. The van der Waals surface area contributed by atoms with Crippen molar-refractivity contribution in [3.8, 4) is 5.75 Å². The molecule has 27 heavy (non-hydrogen) atoms. The van der Waals surface area contributed by atoms with Gasteiger partial charge in [-0.15, -0.1) is 0 Å². The number of nitrogens with two attached hydrogens (primary N) is 1. The van der Waals surface area contributed by atoms with Gasteiger partial charge >= 0.3 is 0 Å². The lowest BCUT2D eigenvalue weighted by atomic mass is 9.88. The predicted octanol–water partition coefficient (Wildman–Crippen LogP) is 2.30. The van der Waals surface area contributed by atoms with E-state index in [1.54, 1.807) is 13.4 Å². The fourth-order valence-electron chi connectivity index (χ4n) is 3.87. The van der Waals surface area contributed by atoms with Crippen LogP contribution < -0.4 is 15.4 Å². The van der Waals surface area contributed by atoms with Crippen LogP contribution >= 0.6 is 0 Å². The number of methoxy groups -OCH3 is 1. The molecule has 4 aromatic rings. The summed E-state index contributed by atoms with van der Waals surface area (Å²) in [4.78, 5) is 22.3. The number of imidazole rings is 1. The average molecular weight is 363 g/mol. The van der Waals surface area contributed by atoms with Gasteiger partial charge in [-0.3, -0.25) is 0 Å². The van der Waals surface area contributed by atoms with Crippen molar-refractivity contribution in [3.05, 3.63) is 42.6 Å². The van der Waals surface area contributed by atoms with Crippen molar-refractivity contribution in [1.82, 2.24) is 24.9 Å². The molecule has 0 amide bonds. The largest absolute Gasteiger partial charge is 0.494 e. The van der Waals surface area contributed by atoms with Gasteiger partial charge < -0.3 is 25.3 Å². The highest BCUT2D eigenvalue weighted by molar-refractivity contribution is 5.87. The topological polar surface area (TPSA) is 109 Å². The third-order valence-corrected chi connectivity index (χ3v) is 5.46. The molecule has 138 valence electrons.